The minimum atomic E-state index is -0.813. The van der Waals surface area contributed by atoms with Crippen LogP contribution in [0.15, 0.2) is 18.2 Å². The second kappa shape index (κ2) is 6.65. The third-order valence-corrected chi connectivity index (χ3v) is 4.00. The van der Waals surface area contributed by atoms with E-state index in [2.05, 4.69) is 0 Å². The standard InChI is InChI=1S/C15H18FNO4/c1-2-10-5-3-4-6-14(10)21-15(18)12-9-11(16)7-8-13(12)17(19)20/h7-10,14H,2-6H2,1H3. The third kappa shape index (κ3) is 3.56. The van der Waals surface area contributed by atoms with E-state index in [1.165, 1.54) is 0 Å². The molecule has 0 aliphatic heterocycles. The number of nitro groups is 1. The molecular weight excluding hydrogens is 277 g/mol. The van der Waals surface area contributed by atoms with Gasteiger partial charge in [0.1, 0.15) is 17.5 Å². The summed E-state index contributed by atoms with van der Waals surface area (Å²) < 4.78 is 18.7. The minimum absolute atomic E-state index is 0.237. The van der Waals surface area contributed by atoms with Gasteiger partial charge in [-0.05, 0) is 43.7 Å². The van der Waals surface area contributed by atoms with Crippen molar-refractivity contribution >= 4 is 11.7 Å². The molecule has 0 N–H and O–H groups in total. The minimum Gasteiger partial charge on any atom is -0.458 e. The van der Waals surface area contributed by atoms with Gasteiger partial charge in [0.2, 0.25) is 0 Å². The van der Waals surface area contributed by atoms with Crippen LogP contribution in [0.3, 0.4) is 0 Å². The highest BCUT2D eigenvalue weighted by Gasteiger charge is 2.30. The van der Waals surface area contributed by atoms with E-state index in [1.807, 2.05) is 6.92 Å². The average molecular weight is 295 g/mol. The van der Waals surface area contributed by atoms with Crippen molar-refractivity contribution in [2.45, 2.75) is 45.1 Å². The maximum atomic E-state index is 13.3. The lowest BCUT2D eigenvalue weighted by Gasteiger charge is -2.30. The molecule has 2 rings (SSSR count). The van der Waals surface area contributed by atoms with E-state index in [4.69, 9.17) is 4.74 Å². The molecule has 1 saturated carbocycles. The van der Waals surface area contributed by atoms with E-state index in [1.54, 1.807) is 0 Å². The van der Waals surface area contributed by atoms with Crippen LogP contribution in [0.25, 0.3) is 0 Å². The zero-order valence-electron chi connectivity index (χ0n) is 11.9. The number of benzene rings is 1. The van der Waals surface area contributed by atoms with Crippen LogP contribution in [0.4, 0.5) is 10.1 Å². The fourth-order valence-corrected chi connectivity index (χ4v) is 2.83. The zero-order chi connectivity index (χ0) is 15.4. The Hall–Kier alpha value is -1.98. The number of rotatable bonds is 4. The largest absolute Gasteiger partial charge is 0.458 e. The number of hydrogen-bond donors (Lipinski definition) is 0. The molecule has 0 saturated heterocycles. The summed E-state index contributed by atoms with van der Waals surface area (Å²) in [5.41, 5.74) is -0.745. The molecule has 6 heteroatoms. The predicted octanol–water partition coefficient (Wildman–Crippen LogP) is 3.86. The Kier molecular flexibility index (Phi) is 4.88. The van der Waals surface area contributed by atoms with Crippen molar-refractivity contribution in [1.82, 2.24) is 0 Å². The fraction of sp³-hybridized carbons (Fsp3) is 0.533. The third-order valence-electron chi connectivity index (χ3n) is 4.00. The molecule has 0 radical (unpaired) electrons. The maximum absolute atomic E-state index is 13.3. The van der Waals surface area contributed by atoms with Gasteiger partial charge in [-0.3, -0.25) is 10.1 Å². The van der Waals surface area contributed by atoms with E-state index < -0.39 is 22.4 Å². The second-order valence-electron chi connectivity index (χ2n) is 5.32. The van der Waals surface area contributed by atoms with Gasteiger partial charge >= 0.3 is 5.97 Å². The fourth-order valence-electron chi connectivity index (χ4n) is 2.83. The van der Waals surface area contributed by atoms with E-state index >= 15 is 0 Å². The Morgan fingerprint density at radius 1 is 1.43 bits per heavy atom. The van der Waals surface area contributed by atoms with E-state index in [-0.39, 0.29) is 17.6 Å². The van der Waals surface area contributed by atoms with E-state index in [9.17, 15) is 19.3 Å². The zero-order valence-corrected chi connectivity index (χ0v) is 11.9. The summed E-state index contributed by atoms with van der Waals surface area (Å²) in [4.78, 5) is 22.4. The van der Waals surface area contributed by atoms with Crippen LogP contribution in [0.1, 0.15) is 49.4 Å². The topological polar surface area (TPSA) is 69.4 Å². The van der Waals surface area contributed by atoms with Crippen molar-refractivity contribution in [3.63, 3.8) is 0 Å². The molecule has 1 aliphatic carbocycles. The molecule has 2 atom stereocenters. The van der Waals surface area contributed by atoms with Crippen LogP contribution in [0.5, 0.6) is 0 Å². The molecule has 2 unspecified atom stereocenters. The smallest absolute Gasteiger partial charge is 0.345 e. The molecule has 0 bridgehead atoms. The molecular formula is C15H18FNO4. The highest BCUT2D eigenvalue weighted by atomic mass is 19.1. The Bertz CT molecular complexity index is 546. The van der Waals surface area contributed by atoms with Crippen LogP contribution < -0.4 is 0 Å². The van der Waals surface area contributed by atoms with Crippen molar-refractivity contribution in [3.8, 4) is 0 Å². The molecule has 1 fully saturated rings. The van der Waals surface area contributed by atoms with Crippen LogP contribution in [0, 0.1) is 21.8 Å². The average Bonchev–Trinajstić information content (AvgIpc) is 2.47. The van der Waals surface area contributed by atoms with E-state index in [0.29, 0.717) is 0 Å². The number of carbonyl (C=O) groups excluding carboxylic acids is 1. The lowest BCUT2D eigenvalue weighted by Crippen LogP contribution is -2.30. The quantitative estimate of drug-likeness (QED) is 0.480. The number of hydrogen-bond acceptors (Lipinski definition) is 4. The highest BCUT2D eigenvalue weighted by molar-refractivity contribution is 5.94. The summed E-state index contributed by atoms with van der Waals surface area (Å²) >= 11 is 0. The van der Waals surface area contributed by atoms with E-state index in [0.717, 1.165) is 50.3 Å². The van der Waals surface area contributed by atoms with Crippen LogP contribution in [-0.4, -0.2) is 17.0 Å². The summed E-state index contributed by atoms with van der Waals surface area (Å²) in [5.74, 6) is -1.23. The number of esters is 1. The summed E-state index contributed by atoms with van der Waals surface area (Å²) in [5, 5.41) is 10.9. The monoisotopic (exact) mass is 295 g/mol. The number of nitro benzene ring substituents is 1. The Morgan fingerprint density at radius 3 is 2.81 bits per heavy atom. The Labute approximate surface area is 122 Å². The normalized spacial score (nSPS) is 21.8. The van der Waals surface area contributed by atoms with Crippen molar-refractivity contribution in [2.24, 2.45) is 5.92 Å². The second-order valence-corrected chi connectivity index (χ2v) is 5.32. The first-order valence-electron chi connectivity index (χ1n) is 7.17. The van der Waals surface area contributed by atoms with Crippen molar-refractivity contribution in [1.29, 1.82) is 0 Å². The van der Waals surface area contributed by atoms with Crippen LogP contribution >= 0.6 is 0 Å². The summed E-state index contributed by atoms with van der Waals surface area (Å²) in [6.45, 7) is 2.03. The summed E-state index contributed by atoms with van der Waals surface area (Å²) in [7, 11) is 0. The van der Waals surface area contributed by atoms with Crippen molar-refractivity contribution < 1.29 is 18.8 Å². The van der Waals surface area contributed by atoms with Gasteiger partial charge < -0.3 is 4.74 Å². The van der Waals surface area contributed by atoms with Gasteiger partial charge in [-0.2, -0.15) is 0 Å². The number of halogens is 1. The molecule has 0 spiro atoms. The molecule has 1 aromatic rings. The van der Waals surface area contributed by atoms with Gasteiger partial charge in [0.25, 0.3) is 5.69 Å². The molecule has 5 nitrogen and oxygen atoms in total. The van der Waals surface area contributed by atoms with Gasteiger partial charge in [0.15, 0.2) is 0 Å². The lowest BCUT2D eigenvalue weighted by atomic mass is 9.85. The predicted molar refractivity (Wildman–Crippen MR) is 74.5 cm³/mol. The molecule has 1 aliphatic rings. The van der Waals surface area contributed by atoms with Crippen molar-refractivity contribution in [2.75, 3.05) is 0 Å². The molecule has 21 heavy (non-hydrogen) atoms. The molecule has 0 amide bonds. The SMILES string of the molecule is CCC1CCCCC1OC(=O)c1cc(F)ccc1[N+](=O)[O-]. The highest BCUT2D eigenvalue weighted by Crippen LogP contribution is 2.30. The van der Waals surface area contributed by atoms with Gasteiger partial charge in [0, 0.05) is 6.07 Å². The summed E-state index contributed by atoms with van der Waals surface area (Å²) in [6, 6.07) is 2.82. The molecule has 0 aromatic heterocycles. The lowest BCUT2D eigenvalue weighted by molar-refractivity contribution is -0.385. The number of carbonyl (C=O) groups is 1. The first kappa shape index (κ1) is 15.4. The molecule has 1 aromatic carbocycles. The Morgan fingerprint density at radius 2 is 2.14 bits per heavy atom. The van der Waals surface area contributed by atoms with Gasteiger partial charge in [-0.25, -0.2) is 9.18 Å². The first-order chi connectivity index (χ1) is 10.0. The van der Waals surface area contributed by atoms with Gasteiger partial charge in [0.05, 0.1) is 4.92 Å². The maximum Gasteiger partial charge on any atom is 0.345 e. The number of ether oxygens (including phenoxy) is 1. The first-order valence-corrected chi connectivity index (χ1v) is 7.17. The summed E-state index contributed by atoms with van der Waals surface area (Å²) in [6.07, 6.45) is 4.47. The Balaban J connectivity index is 2.19. The van der Waals surface area contributed by atoms with Crippen molar-refractivity contribution in [3.05, 3.63) is 39.7 Å². The van der Waals surface area contributed by atoms with Crippen LogP contribution in [-0.2, 0) is 4.74 Å². The van der Waals surface area contributed by atoms with Gasteiger partial charge in [-0.1, -0.05) is 13.3 Å². The molecule has 0 heterocycles. The van der Waals surface area contributed by atoms with Gasteiger partial charge in [-0.15, -0.1) is 0 Å². The number of nitrogens with zero attached hydrogens (tertiary/aromatic N) is 1. The molecule has 114 valence electrons. The van der Waals surface area contributed by atoms with Crippen LogP contribution in [0.2, 0.25) is 0 Å².